The zero-order chi connectivity index (χ0) is 23.6. The van der Waals surface area contributed by atoms with Gasteiger partial charge in [-0.3, -0.25) is 0 Å². The van der Waals surface area contributed by atoms with E-state index in [1.807, 2.05) is 0 Å². The lowest BCUT2D eigenvalue weighted by molar-refractivity contribution is 0.304. The molecular formula is C30H46Si. The average molecular weight is 435 g/mol. The zero-order valence-corrected chi connectivity index (χ0v) is 23.5. The van der Waals surface area contributed by atoms with Gasteiger partial charge in [-0.25, -0.2) is 0 Å². The Hall–Kier alpha value is -1.34. The van der Waals surface area contributed by atoms with E-state index in [1.54, 1.807) is 44.6 Å². The van der Waals surface area contributed by atoms with Crippen molar-refractivity contribution in [3.05, 3.63) is 68.4 Å². The first kappa shape index (κ1) is 24.3. The van der Waals surface area contributed by atoms with E-state index in [0.29, 0.717) is 22.9 Å². The van der Waals surface area contributed by atoms with Crippen molar-refractivity contribution < 1.29 is 0 Å². The van der Waals surface area contributed by atoms with Crippen molar-refractivity contribution >= 4 is 8.07 Å². The van der Waals surface area contributed by atoms with Crippen LogP contribution in [0.5, 0.6) is 0 Å². The third kappa shape index (κ3) is 3.75. The molecule has 1 heteroatoms. The van der Waals surface area contributed by atoms with E-state index in [0.717, 1.165) is 0 Å². The van der Waals surface area contributed by atoms with Crippen molar-refractivity contribution in [2.45, 2.75) is 100 Å². The molecule has 0 radical (unpaired) electrons. The van der Waals surface area contributed by atoms with Gasteiger partial charge in [0, 0.05) is 5.92 Å². The van der Waals surface area contributed by atoms with Gasteiger partial charge in [0.05, 0.1) is 8.07 Å². The quantitative estimate of drug-likeness (QED) is 0.388. The standard InChI is InChI=1S/C30H46Si/c1-17(2)24-15-14-18(3)25-16-26(23(8)27(25)28(24)30(9,10)11)31(12,13)29-21(6)19(4)20(5)22(29)7/h14-17,26,28-29H,1-13H3. The molecule has 0 heterocycles. The van der Waals surface area contributed by atoms with Crippen LogP contribution in [-0.2, 0) is 0 Å². The zero-order valence-electron chi connectivity index (χ0n) is 22.5. The molecule has 0 saturated heterocycles. The molecule has 2 unspecified atom stereocenters. The Bertz CT molecular complexity index is 952. The molecule has 31 heavy (non-hydrogen) atoms. The molecule has 2 atom stereocenters. The van der Waals surface area contributed by atoms with Crippen molar-refractivity contribution in [3.8, 4) is 0 Å². The summed E-state index contributed by atoms with van der Waals surface area (Å²) in [5, 5.41) is 0. The highest BCUT2D eigenvalue weighted by molar-refractivity contribution is 6.82. The van der Waals surface area contributed by atoms with Crippen LogP contribution < -0.4 is 0 Å². The van der Waals surface area contributed by atoms with Crippen molar-refractivity contribution in [3.63, 3.8) is 0 Å². The first-order chi connectivity index (χ1) is 14.1. The Kier molecular flexibility index (Phi) is 6.20. The van der Waals surface area contributed by atoms with Crippen LogP contribution in [0.25, 0.3) is 0 Å². The van der Waals surface area contributed by atoms with E-state index < -0.39 is 8.07 Å². The van der Waals surface area contributed by atoms with Gasteiger partial charge in [-0.1, -0.05) is 88.2 Å². The van der Waals surface area contributed by atoms with Crippen LogP contribution in [0.4, 0.5) is 0 Å². The summed E-state index contributed by atoms with van der Waals surface area (Å²) >= 11 is 0. The summed E-state index contributed by atoms with van der Waals surface area (Å²) in [7, 11) is -1.68. The number of fused-ring (bicyclic) bond motifs is 1. The van der Waals surface area contributed by atoms with Gasteiger partial charge in [-0.15, -0.1) is 0 Å². The fraction of sp³-hybridized carbons (Fsp3) is 0.600. The highest BCUT2D eigenvalue weighted by Crippen LogP contribution is 2.58. The van der Waals surface area contributed by atoms with Crippen molar-refractivity contribution in [1.82, 2.24) is 0 Å². The van der Waals surface area contributed by atoms with E-state index in [-0.39, 0.29) is 5.41 Å². The highest BCUT2D eigenvalue weighted by atomic mass is 28.3. The summed E-state index contributed by atoms with van der Waals surface area (Å²) < 4.78 is 0. The molecule has 170 valence electrons. The number of hydrogen-bond donors (Lipinski definition) is 0. The molecule has 0 aromatic rings. The largest absolute Gasteiger partial charge is 0.0722 e. The van der Waals surface area contributed by atoms with Crippen molar-refractivity contribution in [2.75, 3.05) is 0 Å². The van der Waals surface area contributed by atoms with E-state index >= 15 is 0 Å². The van der Waals surface area contributed by atoms with E-state index in [4.69, 9.17) is 0 Å². The Morgan fingerprint density at radius 1 is 0.806 bits per heavy atom. The lowest BCUT2D eigenvalue weighted by atomic mass is 9.67. The molecular weight excluding hydrogens is 388 g/mol. The Balaban J connectivity index is 2.21. The van der Waals surface area contributed by atoms with Crippen LogP contribution in [0.1, 0.15) is 76.2 Å². The summed E-state index contributed by atoms with van der Waals surface area (Å²) in [5.41, 5.74) is 15.7. The Morgan fingerprint density at radius 2 is 1.32 bits per heavy atom. The van der Waals surface area contributed by atoms with Gasteiger partial charge < -0.3 is 0 Å². The van der Waals surface area contributed by atoms with Gasteiger partial charge in [-0.2, -0.15) is 0 Å². The van der Waals surface area contributed by atoms with E-state index in [2.05, 4.69) is 107 Å². The summed E-state index contributed by atoms with van der Waals surface area (Å²) in [6, 6.07) is 0. The molecule has 3 aliphatic rings. The summed E-state index contributed by atoms with van der Waals surface area (Å²) in [4.78, 5) is 0. The third-order valence-corrected chi connectivity index (χ3v) is 13.3. The van der Waals surface area contributed by atoms with Gasteiger partial charge in [0.1, 0.15) is 0 Å². The summed E-state index contributed by atoms with van der Waals surface area (Å²) in [6.45, 7) is 31.6. The smallest absolute Gasteiger partial charge is 0.0710 e. The number of hydrogen-bond acceptors (Lipinski definition) is 0. The molecule has 0 bridgehead atoms. The third-order valence-electron chi connectivity index (χ3n) is 8.78. The average Bonchev–Trinajstić information content (AvgIpc) is 3.00. The topological polar surface area (TPSA) is 0 Å². The second-order valence-corrected chi connectivity index (χ2v) is 17.3. The van der Waals surface area contributed by atoms with Gasteiger partial charge in [-0.05, 0) is 91.8 Å². The Morgan fingerprint density at radius 3 is 1.77 bits per heavy atom. The monoisotopic (exact) mass is 434 g/mol. The highest BCUT2D eigenvalue weighted by Gasteiger charge is 2.48. The van der Waals surface area contributed by atoms with Gasteiger partial charge in [0.2, 0.25) is 0 Å². The van der Waals surface area contributed by atoms with Gasteiger partial charge in [0.15, 0.2) is 0 Å². The maximum Gasteiger partial charge on any atom is 0.0710 e. The molecule has 0 spiro atoms. The second kappa shape index (κ2) is 7.91. The minimum absolute atomic E-state index is 0.205. The molecule has 0 saturated carbocycles. The first-order valence-corrected chi connectivity index (χ1v) is 15.4. The second-order valence-electron chi connectivity index (χ2n) is 12.5. The molecule has 3 rings (SSSR count). The summed E-state index contributed by atoms with van der Waals surface area (Å²) in [5.74, 6) is 1.05. The van der Waals surface area contributed by atoms with Crippen LogP contribution in [0.15, 0.2) is 68.4 Å². The number of allylic oxidation sites excluding steroid dienone is 12. The van der Waals surface area contributed by atoms with Crippen LogP contribution >= 0.6 is 0 Å². The van der Waals surface area contributed by atoms with Crippen molar-refractivity contribution in [1.29, 1.82) is 0 Å². The minimum atomic E-state index is -1.68. The SMILES string of the molecule is CC1=CC=C(C(C)C)C(C(C)(C)C)C2=C(C)C([Si](C)(C)C3C(C)=C(C)C(C)=C3C)C=C12. The Labute approximate surface area is 194 Å². The fourth-order valence-electron chi connectivity index (χ4n) is 6.94. The van der Waals surface area contributed by atoms with Crippen LogP contribution in [0, 0.1) is 17.3 Å². The normalized spacial score (nSPS) is 25.9. The first-order valence-electron chi connectivity index (χ1n) is 12.3. The summed E-state index contributed by atoms with van der Waals surface area (Å²) in [6.07, 6.45) is 7.54. The fourth-order valence-corrected chi connectivity index (χ4v) is 11.8. The molecule has 0 N–H and O–H groups in total. The molecule has 0 aromatic carbocycles. The van der Waals surface area contributed by atoms with E-state index in [9.17, 15) is 0 Å². The lowest BCUT2D eigenvalue weighted by Gasteiger charge is -2.40. The molecule has 0 aliphatic heterocycles. The molecule has 0 nitrogen and oxygen atoms in total. The van der Waals surface area contributed by atoms with Gasteiger partial charge in [0.25, 0.3) is 0 Å². The molecule has 0 amide bonds. The molecule has 3 aliphatic carbocycles. The maximum absolute atomic E-state index is 2.70. The lowest BCUT2D eigenvalue weighted by Crippen LogP contribution is -2.38. The molecule has 0 fully saturated rings. The van der Waals surface area contributed by atoms with Crippen LogP contribution in [0.2, 0.25) is 24.2 Å². The maximum atomic E-state index is 2.70. The predicted molar refractivity (Wildman–Crippen MR) is 142 cm³/mol. The number of rotatable bonds is 3. The minimum Gasteiger partial charge on any atom is -0.0722 e. The van der Waals surface area contributed by atoms with Crippen molar-refractivity contribution in [2.24, 2.45) is 17.3 Å². The predicted octanol–water partition coefficient (Wildman–Crippen LogP) is 9.58. The molecule has 0 aromatic heterocycles. The van der Waals surface area contributed by atoms with Gasteiger partial charge >= 0.3 is 0 Å². The van der Waals surface area contributed by atoms with Crippen LogP contribution in [0.3, 0.4) is 0 Å². The van der Waals surface area contributed by atoms with E-state index in [1.165, 1.54) is 5.57 Å². The van der Waals surface area contributed by atoms with Crippen LogP contribution in [-0.4, -0.2) is 8.07 Å².